The van der Waals surface area contributed by atoms with Gasteiger partial charge in [-0.15, -0.1) is 0 Å². The highest BCUT2D eigenvalue weighted by Crippen LogP contribution is 2.10. The maximum Gasteiger partial charge on any atom is 0.270 e. The Morgan fingerprint density at radius 1 is 1.32 bits per heavy atom. The molecule has 0 amide bonds. The van der Waals surface area contributed by atoms with Crippen LogP contribution >= 0.6 is 11.6 Å². The normalized spacial score (nSPS) is 10.4. The maximum absolute atomic E-state index is 11.8. The number of rotatable bonds is 5. The molecule has 0 radical (unpaired) electrons. The second-order valence-electron chi connectivity index (χ2n) is 3.95. The summed E-state index contributed by atoms with van der Waals surface area (Å²) in [6, 6.07) is 8.67. The first-order valence-electron chi connectivity index (χ1n) is 5.83. The standard InChI is InChI=1S/C13H14ClN3O2/c14-11-3-1-10(2-4-11)9-17-13(18)7-12(8-16-17)19-6-5-15/h1-4,7-8H,5-6,9,15H2. The topological polar surface area (TPSA) is 70.1 Å². The summed E-state index contributed by atoms with van der Waals surface area (Å²) < 4.78 is 6.60. The number of benzene rings is 1. The van der Waals surface area contributed by atoms with Crippen LogP contribution in [0.2, 0.25) is 5.02 Å². The van der Waals surface area contributed by atoms with Crippen molar-refractivity contribution < 1.29 is 4.74 Å². The number of aromatic nitrogens is 2. The van der Waals surface area contributed by atoms with E-state index in [1.54, 1.807) is 12.1 Å². The van der Waals surface area contributed by atoms with Crippen LogP contribution in [0.4, 0.5) is 0 Å². The van der Waals surface area contributed by atoms with Crippen LogP contribution in [0.25, 0.3) is 0 Å². The fourth-order valence-electron chi connectivity index (χ4n) is 1.55. The van der Waals surface area contributed by atoms with Gasteiger partial charge in [0.05, 0.1) is 12.7 Å². The summed E-state index contributed by atoms with van der Waals surface area (Å²) in [4.78, 5) is 11.8. The molecule has 0 aliphatic rings. The molecule has 2 N–H and O–H groups in total. The first-order chi connectivity index (χ1) is 9.19. The van der Waals surface area contributed by atoms with Crippen molar-refractivity contribution in [2.45, 2.75) is 6.54 Å². The van der Waals surface area contributed by atoms with Crippen molar-refractivity contribution in [3.05, 3.63) is 57.5 Å². The van der Waals surface area contributed by atoms with Crippen molar-refractivity contribution in [2.75, 3.05) is 13.2 Å². The Morgan fingerprint density at radius 3 is 2.68 bits per heavy atom. The number of nitrogens with two attached hydrogens (primary N) is 1. The Kier molecular flexibility index (Phi) is 4.54. The molecule has 0 unspecified atom stereocenters. The van der Waals surface area contributed by atoms with Crippen molar-refractivity contribution >= 4 is 11.6 Å². The van der Waals surface area contributed by atoms with Gasteiger partial charge < -0.3 is 10.5 Å². The zero-order chi connectivity index (χ0) is 13.7. The minimum atomic E-state index is -0.218. The molecule has 5 nitrogen and oxygen atoms in total. The average molecular weight is 280 g/mol. The van der Waals surface area contributed by atoms with Gasteiger partial charge in [-0.2, -0.15) is 5.10 Å². The smallest absolute Gasteiger partial charge is 0.270 e. The molecule has 6 heteroatoms. The molecule has 1 aromatic heterocycles. The van der Waals surface area contributed by atoms with Gasteiger partial charge in [0.25, 0.3) is 5.56 Å². The number of nitrogens with zero attached hydrogens (tertiary/aromatic N) is 2. The predicted molar refractivity (Wildman–Crippen MR) is 73.6 cm³/mol. The van der Waals surface area contributed by atoms with Gasteiger partial charge in [0, 0.05) is 17.6 Å². The van der Waals surface area contributed by atoms with Crippen molar-refractivity contribution in [3.8, 4) is 5.75 Å². The van der Waals surface area contributed by atoms with E-state index in [0.717, 1.165) is 5.56 Å². The van der Waals surface area contributed by atoms with Gasteiger partial charge in [-0.1, -0.05) is 23.7 Å². The molecule has 100 valence electrons. The lowest BCUT2D eigenvalue weighted by Crippen LogP contribution is -2.23. The van der Waals surface area contributed by atoms with Gasteiger partial charge >= 0.3 is 0 Å². The van der Waals surface area contributed by atoms with E-state index >= 15 is 0 Å². The molecule has 1 heterocycles. The van der Waals surface area contributed by atoms with Crippen LogP contribution in [0.1, 0.15) is 5.56 Å². The van der Waals surface area contributed by atoms with Crippen molar-refractivity contribution in [1.82, 2.24) is 9.78 Å². The fraction of sp³-hybridized carbons (Fsp3) is 0.231. The Morgan fingerprint density at radius 2 is 2.05 bits per heavy atom. The minimum absolute atomic E-state index is 0.218. The van der Waals surface area contributed by atoms with Crippen LogP contribution in [-0.2, 0) is 6.54 Å². The highest BCUT2D eigenvalue weighted by Gasteiger charge is 2.02. The summed E-state index contributed by atoms with van der Waals surface area (Å²) in [5.74, 6) is 0.433. The molecule has 0 aliphatic heterocycles. The molecule has 0 fully saturated rings. The third kappa shape index (κ3) is 3.81. The largest absolute Gasteiger partial charge is 0.490 e. The average Bonchev–Trinajstić information content (AvgIpc) is 2.41. The highest BCUT2D eigenvalue weighted by atomic mass is 35.5. The van der Waals surface area contributed by atoms with Gasteiger partial charge in [-0.05, 0) is 17.7 Å². The van der Waals surface area contributed by atoms with Crippen LogP contribution in [-0.4, -0.2) is 22.9 Å². The molecule has 0 saturated heterocycles. The van der Waals surface area contributed by atoms with Crippen LogP contribution in [0.15, 0.2) is 41.3 Å². The van der Waals surface area contributed by atoms with E-state index in [0.29, 0.717) is 30.5 Å². The van der Waals surface area contributed by atoms with E-state index in [1.165, 1.54) is 16.9 Å². The maximum atomic E-state index is 11.8. The fourth-order valence-corrected chi connectivity index (χ4v) is 1.68. The zero-order valence-electron chi connectivity index (χ0n) is 10.3. The summed E-state index contributed by atoms with van der Waals surface area (Å²) >= 11 is 5.80. The van der Waals surface area contributed by atoms with Gasteiger partial charge in [0.2, 0.25) is 0 Å². The van der Waals surface area contributed by atoms with Gasteiger partial charge in [0.15, 0.2) is 0 Å². The monoisotopic (exact) mass is 279 g/mol. The van der Waals surface area contributed by atoms with Crippen LogP contribution in [0.5, 0.6) is 5.75 Å². The lowest BCUT2D eigenvalue weighted by molar-refractivity contribution is 0.324. The summed E-state index contributed by atoms with van der Waals surface area (Å²) in [7, 11) is 0. The Bertz CT molecular complexity index is 596. The van der Waals surface area contributed by atoms with Gasteiger partial charge in [0.1, 0.15) is 12.4 Å². The second-order valence-corrected chi connectivity index (χ2v) is 4.39. The van der Waals surface area contributed by atoms with Crippen molar-refractivity contribution in [3.63, 3.8) is 0 Å². The van der Waals surface area contributed by atoms with Crippen molar-refractivity contribution in [1.29, 1.82) is 0 Å². The Hall–Kier alpha value is -1.85. The first kappa shape index (κ1) is 13.6. The number of hydrogen-bond donors (Lipinski definition) is 1. The van der Waals surface area contributed by atoms with E-state index in [1.807, 2.05) is 12.1 Å². The van der Waals surface area contributed by atoms with E-state index in [4.69, 9.17) is 22.1 Å². The molecule has 2 aromatic rings. The summed E-state index contributed by atoms with van der Waals surface area (Å²) in [6.07, 6.45) is 1.51. The zero-order valence-corrected chi connectivity index (χ0v) is 11.0. The molecule has 19 heavy (non-hydrogen) atoms. The summed E-state index contributed by atoms with van der Waals surface area (Å²) in [5.41, 5.74) is 6.05. The molecule has 0 aliphatic carbocycles. The highest BCUT2D eigenvalue weighted by molar-refractivity contribution is 6.30. The molecule has 0 bridgehead atoms. The lowest BCUT2D eigenvalue weighted by atomic mass is 10.2. The Balaban J connectivity index is 2.13. The van der Waals surface area contributed by atoms with Gasteiger partial charge in [-0.3, -0.25) is 4.79 Å². The number of halogens is 1. The second kappa shape index (κ2) is 6.36. The Labute approximate surface area is 115 Å². The summed E-state index contributed by atoms with van der Waals surface area (Å²) in [5, 5.41) is 4.72. The van der Waals surface area contributed by atoms with Crippen molar-refractivity contribution in [2.24, 2.45) is 5.73 Å². The van der Waals surface area contributed by atoms with E-state index < -0.39 is 0 Å². The van der Waals surface area contributed by atoms with E-state index in [-0.39, 0.29) is 5.56 Å². The number of ether oxygens (including phenoxy) is 1. The molecule has 1 aromatic carbocycles. The molecular weight excluding hydrogens is 266 g/mol. The van der Waals surface area contributed by atoms with Crippen LogP contribution in [0.3, 0.4) is 0 Å². The summed E-state index contributed by atoms with van der Waals surface area (Å²) in [6.45, 7) is 1.16. The third-order valence-corrected chi connectivity index (χ3v) is 2.73. The van der Waals surface area contributed by atoms with E-state index in [2.05, 4.69) is 5.10 Å². The van der Waals surface area contributed by atoms with Crippen LogP contribution in [0, 0.1) is 0 Å². The SMILES string of the molecule is NCCOc1cnn(Cc2ccc(Cl)cc2)c(=O)c1. The number of hydrogen-bond acceptors (Lipinski definition) is 4. The lowest BCUT2D eigenvalue weighted by Gasteiger charge is -2.07. The molecule has 0 spiro atoms. The molecule has 0 saturated carbocycles. The first-order valence-corrected chi connectivity index (χ1v) is 6.21. The molecular formula is C13H14ClN3O2. The third-order valence-electron chi connectivity index (χ3n) is 2.48. The van der Waals surface area contributed by atoms with E-state index in [9.17, 15) is 4.79 Å². The minimum Gasteiger partial charge on any atom is -0.490 e. The molecule has 2 rings (SSSR count). The molecule has 0 atom stereocenters. The quantitative estimate of drug-likeness (QED) is 0.895. The predicted octanol–water partition coefficient (Wildman–Crippen LogP) is 1.28. The van der Waals surface area contributed by atoms with Gasteiger partial charge in [-0.25, -0.2) is 4.68 Å². The van der Waals surface area contributed by atoms with Crippen LogP contribution < -0.4 is 16.0 Å².